The van der Waals surface area contributed by atoms with E-state index in [4.69, 9.17) is 9.84 Å². The number of hydrogen-bond acceptors (Lipinski definition) is 2. The minimum Gasteiger partial charge on any atom is -0.508 e. The number of methoxy groups -OCH3 is 1. The second kappa shape index (κ2) is 8.44. The van der Waals surface area contributed by atoms with E-state index in [1.165, 1.54) is 5.56 Å². The molecule has 0 radical (unpaired) electrons. The standard InChI is InChI=1S/C13H12O.C6H5IO/c1-14-13-10-6-5-9-12(13)11-7-3-2-4-8-11;7-5-1-3-6(8)4-2-5/h2-10H,1H3;1-4,8H. The molecule has 3 aromatic rings. The maximum absolute atomic E-state index is 8.75. The molecule has 0 bridgehead atoms. The quantitative estimate of drug-likeness (QED) is 0.583. The van der Waals surface area contributed by atoms with E-state index in [1.54, 1.807) is 19.2 Å². The monoisotopic (exact) mass is 404 g/mol. The molecule has 3 rings (SSSR count). The van der Waals surface area contributed by atoms with Crippen molar-refractivity contribution in [2.24, 2.45) is 0 Å². The van der Waals surface area contributed by atoms with Crippen molar-refractivity contribution in [1.82, 2.24) is 0 Å². The molecule has 3 aromatic carbocycles. The number of ether oxygens (including phenoxy) is 1. The first-order chi connectivity index (χ1) is 10.7. The highest BCUT2D eigenvalue weighted by atomic mass is 127. The first-order valence-electron chi connectivity index (χ1n) is 6.83. The number of hydrogen-bond donors (Lipinski definition) is 1. The van der Waals surface area contributed by atoms with Gasteiger partial charge in [-0.15, -0.1) is 0 Å². The lowest BCUT2D eigenvalue weighted by molar-refractivity contribution is 0.416. The normalized spacial score (nSPS) is 9.55. The Bertz CT molecular complexity index is 673. The van der Waals surface area contributed by atoms with Crippen LogP contribution in [0.25, 0.3) is 11.1 Å². The third-order valence-electron chi connectivity index (χ3n) is 3.02. The van der Waals surface area contributed by atoms with Crippen LogP contribution in [0.15, 0.2) is 78.9 Å². The van der Waals surface area contributed by atoms with Crippen LogP contribution < -0.4 is 4.74 Å². The molecule has 0 atom stereocenters. The number of phenolic OH excluding ortho intramolecular Hbond substituents is 1. The van der Waals surface area contributed by atoms with Crippen molar-refractivity contribution < 1.29 is 9.84 Å². The molecule has 0 aromatic heterocycles. The van der Waals surface area contributed by atoms with Crippen molar-refractivity contribution in [3.05, 3.63) is 82.4 Å². The van der Waals surface area contributed by atoms with Gasteiger partial charge in [0.05, 0.1) is 7.11 Å². The van der Waals surface area contributed by atoms with Gasteiger partial charge < -0.3 is 9.84 Å². The van der Waals surface area contributed by atoms with E-state index in [1.807, 2.05) is 48.5 Å². The van der Waals surface area contributed by atoms with Crippen molar-refractivity contribution >= 4 is 22.6 Å². The highest BCUT2D eigenvalue weighted by Gasteiger charge is 2.02. The minimum absolute atomic E-state index is 0.324. The smallest absolute Gasteiger partial charge is 0.126 e. The highest BCUT2D eigenvalue weighted by molar-refractivity contribution is 14.1. The molecule has 0 aliphatic heterocycles. The van der Waals surface area contributed by atoms with Gasteiger partial charge in [-0.05, 0) is 58.5 Å². The molecule has 3 heteroatoms. The van der Waals surface area contributed by atoms with Crippen LogP contribution in [0.3, 0.4) is 0 Å². The summed E-state index contributed by atoms with van der Waals surface area (Å²) in [5.74, 6) is 1.24. The Labute approximate surface area is 144 Å². The lowest BCUT2D eigenvalue weighted by atomic mass is 10.1. The first-order valence-corrected chi connectivity index (χ1v) is 7.91. The fraction of sp³-hybridized carbons (Fsp3) is 0.0526. The van der Waals surface area contributed by atoms with Crippen LogP contribution >= 0.6 is 22.6 Å². The van der Waals surface area contributed by atoms with Crippen LogP contribution in [0.1, 0.15) is 0 Å². The molecule has 22 heavy (non-hydrogen) atoms. The van der Waals surface area contributed by atoms with E-state index in [0.717, 1.165) is 14.9 Å². The Morgan fingerprint density at radius 1 is 0.773 bits per heavy atom. The van der Waals surface area contributed by atoms with Crippen LogP contribution in [-0.2, 0) is 0 Å². The SMILES string of the molecule is COc1ccccc1-c1ccccc1.Oc1ccc(I)cc1. The molecule has 0 spiro atoms. The second-order valence-electron chi connectivity index (χ2n) is 4.54. The average Bonchev–Trinajstić information content (AvgIpc) is 2.59. The van der Waals surface area contributed by atoms with Crippen molar-refractivity contribution in [2.75, 3.05) is 7.11 Å². The predicted octanol–water partition coefficient (Wildman–Crippen LogP) is 5.36. The van der Waals surface area contributed by atoms with Gasteiger partial charge in [-0.1, -0.05) is 48.5 Å². The van der Waals surface area contributed by atoms with Gasteiger partial charge in [-0.3, -0.25) is 0 Å². The molecule has 0 aliphatic carbocycles. The Kier molecular flexibility index (Phi) is 6.27. The van der Waals surface area contributed by atoms with Gasteiger partial charge in [0.25, 0.3) is 0 Å². The van der Waals surface area contributed by atoms with E-state index >= 15 is 0 Å². The molecule has 112 valence electrons. The molecule has 2 nitrogen and oxygen atoms in total. The molecule has 0 amide bonds. The van der Waals surface area contributed by atoms with E-state index in [2.05, 4.69) is 40.8 Å². The molecule has 0 saturated heterocycles. The zero-order valence-electron chi connectivity index (χ0n) is 12.2. The number of rotatable bonds is 2. The Morgan fingerprint density at radius 2 is 1.36 bits per heavy atom. The van der Waals surface area contributed by atoms with Crippen LogP contribution in [0.5, 0.6) is 11.5 Å². The molecular weight excluding hydrogens is 387 g/mol. The predicted molar refractivity (Wildman–Crippen MR) is 99.3 cm³/mol. The number of para-hydroxylation sites is 1. The zero-order chi connectivity index (χ0) is 15.8. The summed E-state index contributed by atoms with van der Waals surface area (Å²) in [5.41, 5.74) is 2.32. The lowest BCUT2D eigenvalue weighted by Gasteiger charge is -2.07. The summed E-state index contributed by atoms with van der Waals surface area (Å²) in [4.78, 5) is 0. The molecule has 0 heterocycles. The largest absolute Gasteiger partial charge is 0.508 e. The zero-order valence-corrected chi connectivity index (χ0v) is 14.4. The van der Waals surface area contributed by atoms with Gasteiger partial charge in [0.1, 0.15) is 11.5 Å². The summed E-state index contributed by atoms with van der Waals surface area (Å²) in [6.45, 7) is 0. The molecule has 0 saturated carbocycles. The first kappa shape index (κ1) is 16.4. The van der Waals surface area contributed by atoms with Gasteiger partial charge in [-0.2, -0.15) is 0 Å². The molecule has 0 unspecified atom stereocenters. The Hall–Kier alpha value is -2.01. The summed E-state index contributed by atoms with van der Waals surface area (Å²) in [5, 5.41) is 8.75. The van der Waals surface area contributed by atoms with E-state index in [9.17, 15) is 0 Å². The van der Waals surface area contributed by atoms with Crippen molar-refractivity contribution in [3.8, 4) is 22.6 Å². The van der Waals surface area contributed by atoms with E-state index in [-0.39, 0.29) is 0 Å². The van der Waals surface area contributed by atoms with Gasteiger partial charge in [0.15, 0.2) is 0 Å². The number of phenols is 1. The van der Waals surface area contributed by atoms with E-state index < -0.39 is 0 Å². The van der Waals surface area contributed by atoms with Gasteiger partial charge >= 0.3 is 0 Å². The summed E-state index contributed by atoms with van der Waals surface area (Å²) in [7, 11) is 1.70. The minimum atomic E-state index is 0.324. The number of halogens is 1. The summed E-state index contributed by atoms with van der Waals surface area (Å²) in [6, 6.07) is 25.3. The second-order valence-corrected chi connectivity index (χ2v) is 5.79. The fourth-order valence-corrected chi connectivity index (χ4v) is 2.30. The van der Waals surface area contributed by atoms with Crippen LogP contribution in [0.4, 0.5) is 0 Å². The third kappa shape index (κ3) is 4.77. The summed E-state index contributed by atoms with van der Waals surface area (Å²) >= 11 is 2.19. The van der Waals surface area contributed by atoms with Gasteiger partial charge in [-0.25, -0.2) is 0 Å². The molecule has 0 fully saturated rings. The topological polar surface area (TPSA) is 29.5 Å². The maximum Gasteiger partial charge on any atom is 0.126 e. The maximum atomic E-state index is 8.75. The summed E-state index contributed by atoms with van der Waals surface area (Å²) in [6.07, 6.45) is 0. The summed E-state index contributed by atoms with van der Waals surface area (Å²) < 4.78 is 6.44. The third-order valence-corrected chi connectivity index (χ3v) is 3.74. The van der Waals surface area contributed by atoms with E-state index in [0.29, 0.717) is 5.75 Å². The average molecular weight is 404 g/mol. The number of benzene rings is 3. The van der Waals surface area contributed by atoms with Gasteiger partial charge in [0.2, 0.25) is 0 Å². The van der Waals surface area contributed by atoms with Crippen molar-refractivity contribution in [1.29, 1.82) is 0 Å². The number of aromatic hydroxyl groups is 1. The van der Waals surface area contributed by atoms with Crippen LogP contribution in [0, 0.1) is 3.57 Å². The van der Waals surface area contributed by atoms with Crippen molar-refractivity contribution in [2.45, 2.75) is 0 Å². The molecule has 1 N–H and O–H groups in total. The molecule has 0 aliphatic rings. The van der Waals surface area contributed by atoms with Gasteiger partial charge in [0, 0.05) is 9.13 Å². The molecular formula is C19H17IO2. The van der Waals surface area contributed by atoms with Crippen LogP contribution in [0.2, 0.25) is 0 Å². The van der Waals surface area contributed by atoms with Crippen LogP contribution in [-0.4, -0.2) is 12.2 Å². The Morgan fingerprint density at radius 3 is 1.95 bits per heavy atom. The lowest BCUT2D eigenvalue weighted by Crippen LogP contribution is -1.86. The highest BCUT2D eigenvalue weighted by Crippen LogP contribution is 2.28. The van der Waals surface area contributed by atoms with Crippen molar-refractivity contribution in [3.63, 3.8) is 0 Å². The Balaban J connectivity index is 0.000000188. The fourth-order valence-electron chi connectivity index (χ4n) is 1.94.